The van der Waals surface area contributed by atoms with Crippen LogP contribution in [-0.4, -0.2) is 29.7 Å². The van der Waals surface area contributed by atoms with Gasteiger partial charge in [-0.3, -0.25) is 4.99 Å². The van der Waals surface area contributed by atoms with Gasteiger partial charge in [-0.05, 0) is 30.5 Å². The average molecular weight is 445 g/mol. The van der Waals surface area contributed by atoms with Crippen LogP contribution >= 0.6 is 24.0 Å². The molecule has 130 valence electrons. The number of aliphatic imine (C=N–C) groups is 1. The summed E-state index contributed by atoms with van der Waals surface area (Å²) in [5, 5.41) is 10.3. The largest absolute Gasteiger partial charge is 0.356 e. The molecule has 2 aromatic rings. The van der Waals surface area contributed by atoms with Gasteiger partial charge in [0.25, 0.3) is 0 Å². The van der Waals surface area contributed by atoms with Crippen molar-refractivity contribution in [3.8, 4) is 0 Å². The van der Waals surface area contributed by atoms with E-state index < -0.39 is 0 Å². The first-order chi connectivity index (χ1) is 11.1. The van der Waals surface area contributed by atoms with Gasteiger partial charge in [-0.25, -0.2) is 4.39 Å². The molecule has 0 radical (unpaired) electrons. The third-order valence-corrected chi connectivity index (χ3v) is 4.09. The van der Waals surface area contributed by atoms with E-state index in [1.54, 1.807) is 26.1 Å². The highest BCUT2D eigenvalue weighted by Crippen LogP contribution is 2.47. The number of benzene rings is 1. The van der Waals surface area contributed by atoms with Gasteiger partial charge in [-0.2, -0.15) is 4.98 Å². The van der Waals surface area contributed by atoms with Crippen LogP contribution in [0.1, 0.15) is 30.1 Å². The molecule has 1 aromatic carbocycles. The quantitative estimate of drug-likeness (QED) is 0.421. The third-order valence-electron chi connectivity index (χ3n) is 4.09. The molecule has 24 heavy (non-hydrogen) atoms. The second-order valence-corrected chi connectivity index (χ2v) is 5.80. The van der Waals surface area contributed by atoms with Crippen molar-refractivity contribution in [1.29, 1.82) is 0 Å². The molecule has 8 heteroatoms. The Kier molecular flexibility index (Phi) is 6.14. The smallest absolute Gasteiger partial charge is 0.223 e. The molecule has 1 aliphatic rings. The van der Waals surface area contributed by atoms with Crippen molar-refractivity contribution in [2.24, 2.45) is 4.99 Å². The van der Waals surface area contributed by atoms with Gasteiger partial charge < -0.3 is 15.2 Å². The van der Waals surface area contributed by atoms with Crippen LogP contribution < -0.4 is 10.6 Å². The van der Waals surface area contributed by atoms with E-state index in [2.05, 4.69) is 25.8 Å². The molecule has 6 nitrogen and oxygen atoms in total. The van der Waals surface area contributed by atoms with Gasteiger partial charge in [-0.1, -0.05) is 17.3 Å². The Balaban J connectivity index is 0.00000208. The molecule has 2 N–H and O–H groups in total. The van der Waals surface area contributed by atoms with Gasteiger partial charge in [0.2, 0.25) is 5.89 Å². The molecule has 1 aromatic heterocycles. The van der Waals surface area contributed by atoms with E-state index in [4.69, 9.17) is 4.52 Å². The van der Waals surface area contributed by atoms with E-state index in [-0.39, 0.29) is 35.2 Å². The fraction of sp³-hybridized carbons (Fsp3) is 0.438. The van der Waals surface area contributed by atoms with Crippen LogP contribution in [0.25, 0.3) is 0 Å². The molecule has 0 aliphatic heterocycles. The number of nitrogens with zero attached hydrogens (tertiary/aromatic N) is 3. The Hall–Kier alpha value is -1.71. The van der Waals surface area contributed by atoms with E-state index in [0.29, 0.717) is 30.8 Å². The number of nitrogens with one attached hydrogen (secondary N) is 2. The summed E-state index contributed by atoms with van der Waals surface area (Å²) in [6.45, 7) is 2.89. The lowest BCUT2D eigenvalue weighted by Crippen LogP contribution is -2.41. The minimum absolute atomic E-state index is 0. The van der Waals surface area contributed by atoms with Gasteiger partial charge in [-0.15, -0.1) is 24.0 Å². The van der Waals surface area contributed by atoms with E-state index >= 15 is 0 Å². The molecule has 1 saturated carbocycles. The number of aryl methyl sites for hydroxylation is 1. The van der Waals surface area contributed by atoms with Crippen LogP contribution in [0, 0.1) is 12.7 Å². The molecule has 0 bridgehead atoms. The predicted molar refractivity (Wildman–Crippen MR) is 100.0 cm³/mol. The number of hydrogen-bond acceptors (Lipinski definition) is 4. The monoisotopic (exact) mass is 445 g/mol. The SMILES string of the molecule is CN=C(NCc1noc(C)n1)NCC1(c2cccc(F)c2)CC1.I. The van der Waals surface area contributed by atoms with Crippen molar-refractivity contribution in [1.82, 2.24) is 20.8 Å². The summed E-state index contributed by atoms with van der Waals surface area (Å²) < 4.78 is 18.3. The third kappa shape index (κ3) is 4.43. The van der Waals surface area contributed by atoms with Crippen LogP contribution in [-0.2, 0) is 12.0 Å². The van der Waals surface area contributed by atoms with Crippen LogP contribution in [0.3, 0.4) is 0 Å². The predicted octanol–water partition coefficient (Wildman–Crippen LogP) is 2.53. The first-order valence-corrected chi connectivity index (χ1v) is 7.61. The summed E-state index contributed by atoms with van der Waals surface area (Å²) in [6, 6.07) is 6.83. The number of aromatic nitrogens is 2. The topological polar surface area (TPSA) is 75.3 Å². The van der Waals surface area contributed by atoms with Crippen molar-refractivity contribution >= 4 is 29.9 Å². The molecule has 0 spiro atoms. The van der Waals surface area contributed by atoms with Crippen molar-refractivity contribution in [2.75, 3.05) is 13.6 Å². The molecule has 0 unspecified atom stereocenters. The average Bonchev–Trinajstić information content (AvgIpc) is 3.23. The Bertz CT molecular complexity index is 714. The molecular formula is C16H21FIN5O. The zero-order chi connectivity index (χ0) is 16.3. The standard InChI is InChI=1S/C16H20FN5O.HI/c1-11-21-14(22-23-11)9-19-15(18-2)20-10-16(6-7-16)12-4-3-5-13(17)8-12;/h3-5,8H,6-7,9-10H2,1-2H3,(H2,18,19,20);1H. The molecule has 1 fully saturated rings. The Morgan fingerprint density at radius 1 is 1.38 bits per heavy atom. The van der Waals surface area contributed by atoms with Crippen LogP contribution in [0.4, 0.5) is 4.39 Å². The number of hydrogen-bond donors (Lipinski definition) is 2. The highest BCUT2D eigenvalue weighted by molar-refractivity contribution is 14.0. The number of rotatable bonds is 5. The fourth-order valence-electron chi connectivity index (χ4n) is 2.59. The fourth-order valence-corrected chi connectivity index (χ4v) is 2.59. The lowest BCUT2D eigenvalue weighted by atomic mass is 9.96. The van der Waals surface area contributed by atoms with E-state index in [1.807, 2.05) is 6.07 Å². The first-order valence-electron chi connectivity index (χ1n) is 7.61. The van der Waals surface area contributed by atoms with E-state index in [0.717, 1.165) is 18.4 Å². The minimum Gasteiger partial charge on any atom is -0.356 e. The van der Waals surface area contributed by atoms with Crippen LogP contribution in [0.15, 0.2) is 33.8 Å². The summed E-state index contributed by atoms with van der Waals surface area (Å²) in [7, 11) is 1.71. The van der Waals surface area contributed by atoms with Gasteiger partial charge >= 0.3 is 0 Å². The Morgan fingerprint density at radius 2 is 2.17 bits per heavy atom. The maximum absolute atomic E-state index is 13.4. The van der Waals surface area contributed by atoms with Crippen molar-refractivity contribution in [2.45, 2.75) is 31.7 Å². The van der Waals surface area contributed by atoms with Gasteiger partial charge in [0.1, 0.15) is 5.82 Å². The Labute approximate surface area is 157 Å². The maximum Gasteiger partial charge on any atom is 0.223 e. The molecule has 0 saturated heterocycles. The summed E-state index contributed by atoms with van der Waals surface area (Å²) in [6.07, 6.45) is 2.09. The summed E-state index contributed by atoms with van der Waals surface area (Å²) in [5.41, 5.74) is 1.04. The van der Waals surface area contributed by atoms with Gasteiger partial charge in [0.05, 0.1) is 6.54 Å². The molecule has 1 aliphatic carbocycles. The molecular weight excluding hydrogens is 424 g/mol. The normalized spacial score (nSPS) is 15.5. The van der Waals surface area contributed by atoms with Crippen LogP contribution in [0.5, 0.6) is 0 Å². The number of guanidine groups is 1. The molecule has 0 atom stereocenters. The van der Waals surface area contributed by atoms with Gasteiger partial charge in [0, 0.05) is 25.9 Å². The van der Waals surface area contributed by atoms with Gasteiger partial charge in [0.15, 0.2) is 11.8 Å². The van der Waals surface area contributed by atoms with Crippen LogP contribution in [0.2, 0.25) is 0 Å². The minimum atomic E-state index is -0.191. The van der Waals surface area contributed by atoms with Crippen molar-refractivity contribution in [3.63, 3.8) is 0 Å². The maximum atomic E-state index is 13.4. The molecule has 0 amide bonds. The van der Waals surface area contributed by atoms with Crippen molar-refractivity contribution in [3.05, 3.63) is 47.4 Å². The van der Waals surface area contributed by atoms with E-state index in [1.165, 1.54) is 6.07 Å². The van der Waals surface area contributed by atoms with E-state index in [9.17, 15) is 4.39 Å². The lowest BCUT2D eigenvalue weighted by Gasteiger charge is -2.18. The summed E-state index contributed by atoms with van der Waals surface area (Å²) >= 11 is 0. The lowest BCUT2D eigenvalue weighted by molar-refractivity contribution is 0.386. The second-order valence-electron chi connectivity index (χ2n) is 5.80. The van der Waals surface area contributed by atoms with Crippen molar-refractivity contribution < 1.29 is 8.91 Å². The highest BCUT2D eigenvalue weighted by atomic mass is 127. The molecule has 3 rings (SSSR count). The Morgan fingerprint density at radius 3 is 2.75 bits per heavy atom. The number of halogens is 2. The summed E-state index contributed by atoms with van der Waals surface area (Å²) in [4.78, 5) is 8.32. The highest BCUT2D eigenvalue weighted by Gasteiger charge is 2.44. The zero-order valence-corrected chi connectivity index (χ0v) is 16.0. The first kappa shape index (κ1) is 18.6. The second kappa shape index (κ2) is 7.91. The summed E-state index contributed by atoms with van der Waals surface area (Å²) in [5.74, 6) is 1.59. The zero-order valence-electron chi connectivity index (χ0n) is 13.7. The molecule has 1 heterocycles.